The van der Waals surface area contributed by atoms with Crippen LogP contribution in [0.25, 0.3) is 4.96 Å². The Morgan fingerprint density at radius 3 is 3.13 bits per heavy atom. The molecule has 7 heteroatoms. The minimum atomic E-state index is -0.104. The lowest BCUT2D eigenvalue weighted by atomic mass is 9.51. The number of hydrogen-bond acceptors (Lipinski definition) is 4. The topological polar surface area (TPSA) is 67.7 Å². The first-order valence-electron chi connectivity index (χ1n) is 8.28. The number of fused-ring (bicyclic) bond motifs is 1. The zero-order valence-electron chi connectivity index (χ0n) is 13.2. The van der Waals surface area contributed by atoms with Crippen molar-refractivity contribution in [3.8, 4) is 0 Å². The third kappa shape index (κ3) is 2.52. The van der Waals surface area contributed by atoms with Gasteiger partial charge in [-0.15, -0.1) is 11.3 Å². The van der Waals surface area contributed by atoms with Gasteiger partial charge < -0.3 is 15.4 Å². The number of rotatable bonds is 5. The summed E-state index contributed by atoms with van der Waals surface area (Å²) in [5.41, 5.74) is 1.08. The van der Waals surface area contributed by atoms with E-state index in [2.05, 4.69) is 15.6 Å². The number of ether oxygens (including phenoxy) is 1. The number of thiazole rings is 1. The molecule has 0 unspecified atom stereocenters. The zero-order valence-corrected chi connectivity index (χ0v) is 14.1. The molecule has 2 heterocycles. The molecule has 0 aliphatic heterocycles. The second kappa shape index (κ2) is 5.79. The fourth-order valence-corrected chi connectivity index (χ4v) is 4.60. The van der Waals surface area contributed by atoms with Gasteiger partial charge in [-0.2, -0.15) is 0 Å². The van der Waals surface area contributed by atoms with Crippen molar-refractivity contribution in [3.05, 3.63) is 23.5 Å². The molecule has 6 nitrogen and oxygen atoms in total. The lowest BCUT2D eigenvalue weighted by Gasteiger charge is -2.60. The number of urea groups is 1. The second-order valence-corrected chi connectivity index (χ2v) is 7.34. The zero-order chi connectivity index (χ0) is 15.9. The van der Waals surface area contributed by atoms with Gasteiger partial charge in [0, 0.05) is 35.8 Å². The molecule has 2 atom stereocenters. The van der Waals surface area contributed by atoms with E-state index >= 15 is 0 Å². The summed E-state index contributed by atoms with van der Waals surface area (Å²) in [5, 5.41) is 8.05. The van der Waals surface area contributed by atoms with Gasteiger partial charge in [-0.3, -0.25) is 4.40 Å². The van der Waals surface area contributed by atoms with E-state index in [-0.39, 0.29) is 17.5 Å². The molecule has 2 aromatic heterocycles. The number of nitrogens with zero attached hydrogens (tertiary/aromatic N) is 2. The molecule has 2 N–H and O–H groups in total. The van der Waals surface area contributed by atoms with Crippen molar-refractivity contribution in [2.24, 2.45) is 5.41 Å². The van der Waals surface area contributed by atoms with E-state index in [1.54, 1.807) is 11.3 Å². The van der Waals surface area contributed by atoms with E-state index in [0.29, 0.717) is 12.6 Å². The quantitative estimate of drug-likeness (QED) is 0.883. The van der Waals surface area contributed by atoms with Crippen LogP contribution in [0.4, 0.5) is 4.79 Å². The van der Waals surface area contributed by atoms with Crippen molar-refractivity contribution in [1.82, 2.24) is 20.0 Å². The molecule has 124 valence electrons. The molecule has 2 fully saturated rings. The van der Waals surface area contributed by atoms with Crippen LogP contribution in [0.5, 0.6) is 0 Å². The Hall–Kier alpha value is -1.60. The van der Waals surface area contributed by atoms with Crippen molar-refractivity contribution in [1.29, 1.82) is 0 Å². The second-order valence-electron chi connectivity index (χ2n) is 6.47. The Morgan fingerprint density at radius 1 is 1.57 bits per heavy atom. The standard InChI is InChI=1S/C16H22N4O2S/c1-2-22-13-8-12(16(13)4-3-5-16)19-14(21)17-9-11-10-20-6-7-23-15(20)18-11/h6-7,10,12-13H,2-5,8-9H2,1H3,(H2,17,19,21)/t12-,13-/m0/s1. The molecule has 0 aromatic carbocycles. The number of imidazole rings is 1. The fraction of sp³-hybridized carbons (Fsp3) is 0.625. The first kappa shape index (κ1) is 15.0. The lowest BCUT2D eigenvalue weighted by molar-refractivity contribution is -0.169. The molecule has 0 radical (unpaired) electrons. The number of hydrogen-bond donors (Lipinski definition) is 2. The molecular formula is C16H22N4O2S. The number of nitrogens with one attached hydrogen (secondary N) is 2. The van der Waals surface area contributed by atoms with Crippen LogP contribution in [0.2, 0.25) is 0 Å². The summed E-state index contributed by atoms with van der Waals surface area (Å²) in [6.45, 7) is 3.24. The van der Waals surface area contributed by atoms with Gasteiger partial charge in [0.15, 0.2) is 4.96 Å². The molecule has 2 amide bonds. The van der Waals surface area contributed by atoms with E-state index in [1.807, 2.05) is 29.1 Å². The number of amides is 2. The Bertz CT molecular complexity index is 677. The Labute approximate surface area is 139 Å². The van der Waals surface area contributed by atoms with Gasteiger partial charge in [-0.25, -0.2) is 9.78 Å². The van der Waals surface area contributed by atoms with Gasteiger partial charge in [-0.1, -0.05) is 6.42 Å². The van der Waals surface area contributed by atoms with Crippen molar-refractivity contribution >= 4 is 22.3 Å². The van der Waals surface area contributed by atoms with Crippen LogP contribution >= 0.6 is 11.3 Å². The molecular weight excluding hydrogens is 312 g/mol. The first-order valence-corrected chi connectivity index (χ1v) is 9.16. The number of carbonyl (C=O) groups excluding carboxylic acids is 1. The lowest BCUT2D eigenvalue weighted by Crippen LogP contribution is -2.68. The monoisotopic (exact) mass is 334 g/mol. The Kier molecular flexibility index (Phi) is 3.77. The number of carbonyl (C=O) groups is 1. The molecule has 2 aliphatic rings. The molecule has 2 aliphatic carbocycles. The highest BCUT2D eigenvalue weighted by atomic mass is 32.1. The van der Waals surface area contributed by atoms with Gasteiger partial charge in [0.25, 0.3) is 0 Å². The van der Waals surface area contributed by atoms with Crippen LogP contribution in [0.3, 0.4) is 0 Å². The molecule has 2 aromatic rings. The molecule has 4 rings (SSSR count). The van der Waals surface area contributed by atoms with Crippen molar-refractivity contribution in [3.63, 3.8) is 0 Å². The number of aromatic nitrogens is 2. The average Bonchev–Trinajstić information content (AvgIpc) is 3.03. The largest absolute Gasteiger partial charge is 0.378 e. The van der Waals surface area contributed by atoms with Crippen LogP contribution in [0.1, 0.15) is 38.3 Å². The highest BCUT2D eigenvalue weighted by Gasteiger charge is 2.59. The van der Waals surface area contributed by atoms with E-state index in [1.165, 1.54) is 19.3 Å². The molecule has 2 saturated carbocycles. The highest BCUT2D eigenvalue weighted by molar-refractivity contribution is 7.15. The predicted octanol–water partition coefficient (Wildman–Crippen LogP) is 2.54. The van der Waals surface area contributed by atoms with Crippen molar-refractivity contribution in [2.75, 3.05) is 6.61 Å². The third-order valence-electron chi connectivity index (χ3n) is 5.32. The minimum absolute atomic E-state index is 0.104. The van der Waals surface area contributed by atoms with E-state index in [9.17, 15) is 4.79 Å². The maximum absolute atomic E-state index is 12.2. The summed E-state index contributed by atoms with van der Waals surface area (Å²) in [5.74, 6) is 0. The smallest absolute Gasteiger partial charge is 0.315 e. The predicted molar refractivity (Wildman–Crippen MR) is 88.5 cm³/mol. The summed E-state index contributed by atoms with van der Waals surface area (Å²) in [4.78, 5) is 17.6. The minimum Gasteiger partial charge on any atom is -0.378 e. The summed E-state index contributed by atoms with van der Waals surface area (Å²) >= 11 is 1.59. The van der Waals surface area contributed by atoms with Gasteiger partial charge >= 0.3 is 6.03 Å². The molecule has 0 bridgehead atoms. The van der Waals surface area contributed by atoms with E-state index < -0.39 is 0 Å². The third-order valence-corrected chi connectivity index (χ3v) is 6.09. The van der Waals surface area contributed by atoms with Crippen molar-refractivity contribution < 1.29 is 9.53 Å². The Morgan fingerprint density at radius 2 is 2.43 bits per heavy atom. The van der Waals surface area contributed by atoms with Crippen LogP contribution in [-0.2, 0) is 11.3 Å². The summed E-state index contributed by atoms with van der Waals surface area (Å²) in [6.07, 6.45) is 8.76. The van der Waals surface area contributed by atoms with Crippen molar-refractivity contribution in [2.45, 2.75) is 51.3 Å². The highest BCUT2D eigenvalue weighted by Crippen LogP contribution is 2.57. The SMILES string of the molecule is CCO[C@H]1C[C@H](NC(=O)NCc2cn3ccsc3n2)C12CCC2. The van der Waals surface area contributed by atoms with Crippen LogP contribution in [0.15, 0.2) is 17.8 Å². The molecule has 0 saturated heterocycles. The van der Waals surface area contributed by atoms with Gasteiger partial charge in [0.2, 0.25) is 0 Å². The summed E-state index contributed by atoms with van der Waals surface area (Å²) in [6, 6.07) is 0.144. The fourth-order valence-electron chi connectivity index (χ4n) is 3.88. The average molecular weight is 334 g/mol. The van der Waals surface area contributed by atoms with Crippen LogP contribution < -0.4 is 10.6 Å². The summed E-state index contributed by atoms with van der Waals surface area (Å²) < 4.78 is 7.79. The molecule has 1 spiro atoms. The summed E-state index contributed by atoms with van der Waals surface area (Å²) in [7, 11) is 0. The normalized spacial score (nSPS) is 25.1. The van der Waals surface area contributed by atoms with Gasteiger partial charge in [0.1, 0.15) is 0 Å². The van der Waals surface area contributed by atoms with Gasteiger partial charge in [0.05, 0.1) is 18.3 Å². The van der Waals surface area contributed by atoms with E-state index in [4.69, 9.17) is 4.74 Å². The molecule has 23 heavy (non-hydrogen) atoms. The first-order chi connectivity index (χ1) is 11.2. The Balaban J connectivity index is 1.29. The maximum Gasteiger partial charge on any atom is 0.315 e. The van der Waals surface area contributed by atoms with Crippen LogP contribution in [0, 0.1) is 5.41 Å². The van der Waals surface area contributed by atoms with Crippen LogP contribution in [-0.4, -0.2) is 34.2 Å². The van der Waals surface area contributed by atoms with Gasteiger partial charge in [-0.05, 0) is 26.2 Å². The maximum atomic E-state index is 12.2. The van der Waals surface area contributed by atoms with E-state index in [0.717, 1.165) is 23.7 Å².